The lowest BCUT2D eigenvalue weighted by Gasteiger charge is -2.15. The molecule has 0 aromatic heterocycles. The molecule has 1 aromatic carbocycles. The Morgan fingerprint density at radius 2 is 2.13 bits per heavy atom. The van der Waals surface area contributed by atoms with Crippen LogP contribution >= 0.6 is 0 Å². The molecule has 1 aromatic rings. The Hall–Kier alpha value is -1.55. The molecule has 15 heavy (non-hydrogen) atoms. The number of likely N-dealkylation sites (tertiary alicyclic amines) is 1. The van der Waals surface area contributed by atoms with Gasteiger partial charge in [0.25, 0.3) is 0 Å². The second-order valence-electron chi connectivity index (χ2n) is 3.68. The molecule has 1 atom stereocenters. The molecule has 0 radical (unpaired) electrons. The lowest BCUT2D eigenvalue weighted by Crippen LogP contribution is -2.33. The van der Waals surface area contributed by atoms with Crippen LogP contribution in [0.1, 0.15) is 6.42 Å². The summed E-state index contributed by atoms with van der Waals surface area (Å²) in [6.45, 7) is 1.28. The molecule has 1 fully saturated rings. The van der Waals surface area contributed by atoms with Crippen molar-refractivity contribution < 1.29 is 9.53 Å². The smallest absolute Gasteiger partial charge is 0.410 e. The van der Waals surface area contributed by atoms with E-state index in [2.05, 4.69) is 0 Å². The summed E-state index contributed by atoms with van der Waals surface area (Å²) in [5.41, 5.74) is 5.71. The molecule has 1 amide bonds. The highest BCUT2D eigenvalue weighted by Gasteiger charge is 2.24. The second-order valence-corrected chi connectivity index (χ2v) is 3.68. The van der Waals surface area contributed by atoms with Crippen molar-refractivity contribution in [3.63, 3.8) is 0 Å². The number of nitrogens with zero attached hydrogens (tertiary/aromatic N) is 1. The first-order chi connectivity index (χ1) is 7.25. The summed E-state index contributed by atoms with van der Waals surface area (Å²) in [4.78, 5) is 13.2. The molecule has 4 nitrogen and oxygen atoms in total. The first-order valence-corrected chi connectivity index (χ1v) is 5.03. The quantitative estimate of drug-likeness (QED) is 0.751. The fraction of sp³-hybridized carbons (Fsp3) is 0.364. The van der Waals surface area contributed by atoms with E-state index in [-0.39, 0.29) is 12.1 Å². The van der Waals surface area contributed by atoms with Gasteiger partial charge in [0.2, 0.25) is 0 Å². The summed E-state index contributed by atoms with van der Waals surface area (Å²) >= 11 is 0. The Labute approximate surface area is 88.6 Å². The van der Waals surface area contributed by atoms with E-state index >= 15 is 0 Å². The minimum Gasteiger partial charge on any atom is -0.410 e. The molecule has 1 aliphatic heterocycles. The molecular weight excluding hydrogens is 192 g/mol. The third kappa shape index (κ3) is 2.47. The zero-order valence-electron chi connectivity index (χ0n) is 8.43. The van der Waals surface area contributed by atoms with Crippen molar-refractivity contribution in [2.75, 3.05) is 13.1 Å². The van der Waals surface area contributed by atoms with Gasteiger partial charge >= 0.3 is 6.09 Å². The maximum atomic E-state index is 11.6. The molecule has 4 heteroatoms. The van der Waals surface area contributed by atoms with Crippen molar-refractivity contribution in [2.45, 2.75) is 12.5 Å². The standard InChI is InChI=1S/C11H14N2O2/c12-9-6-7-13(8-9)11(14)15-10-4-2-1-3-5-10/h1-5,9H,6-8,12H2/t9-/m1/s1. The van der Waals surface area contributed by atoms with Crippen LogP contribution in [0.15, 0.2) is 30.3 Å². The fourth-order valence-electron chi connectivity index (χ4n) is 1.61. The first kappa shape index (κ1) is 9.98. The van der Waals surface area contributed by atoms with Gasteiger partial charge in [0.1, 0.15) is 5.75 Å². The minimum absolute atomic E-state index is 0.0910. The summed E-state index contributed by atoms with van der Waals surface area (Å²) in [6.07, 6.45) is 0.540. The molecule has 1 aliphatic rings. The van der Waals surface area contributed by atoms with Gasteiger partial charge in [-0.1, -0.05) is 18.2 Å². The van der Waals surface area contributed by atoms with Gasteiger partial charge in [0.15, 0.2) is 0 Å². The Morgan fingerprint density at radius 3 is 2.73 bits per heavy atom. The van der Waals surface area contributed by atoms with Crippen molar-refractivity contribution in [3.8, 4) is 5.75 Å². The molecule has 0 saturated carbocycles. The van der Waals surface area contributed by atoms with E-state index in [9.17, 15) is 4.79 Å². The topological polar surface area (TPSA) is 55.6 Å². The summed E-state index contributed by atoms with van der Waals surface area (Å²) in [5.74, 6) is 0.572. The minimum atomic E-state index is -0.311. The zero-order valence-corrected chi connectivity index (χ0v) is 8.43. The maximum Gasteiger partial charge on any atom is 0.415 e. The third-order valence-corrected chi connectivity index (χ3v) is 2.43. The van der Waals surface area contributed by atoms with Gasteiger partial charge in [-0.2, -0.15) is 0 Å². The molecule has 0 aliphatic carbocycles. The van der Waals surface area contributed by atoms with Gasteiger partial charge in [-0.05, 0) is 18.6 Å². The van der Waals surface area contributed by atoms with Crippen molar-refractivity contribution in [3.05, 3.63) is 30.3 Å². The summed E-state index contributed by atoms with van der Waals surface area (Å²) in [5, 5.41) is 0. The van der Waals surface area contributed by atoms with E-state index in [1.165, 1.54) is 0 Å². The highest BCUT2D eigenvalue weighted by atomic mass is 16.6. The van der Waals surface area contributed by atoms with Gasteiger partial charge < -0.3 is 15.4 Å². The Kier molecular flexibility index (Phi) is 2.87. The van der Waals surface area contributed by atoms with E-state index < -0.39 is 0 Å². The van der Waals surface area contributed by atoms with Crippen molar-refractivity contribution in [2.24, 2.45) is 5.73 Å². The van der Waals surface area contributed by atoms with Gasteiger partial charge in [-0.25, -0.2) is 4.79 Å². The number of nitrogens with two attached hydrogens (primary N) is 1. The van der Waals surface area contributed by atoms with Crippen LogP contribution in [0.25, 0.3) is 0 Å². The molecule has 0 unspecified atom stereocenters. The summed E-state index contributed by atoms with van der Waals surface area (Å²) < 4.78 is 5.18. The molecule has 80 valence electrons. The average Bonchev–Trinajstić information content (AvgIpc) is 2.66. The normalized spacial score (nSPS) is 20.3. The molecular formula is C11H14N2O2. The first-order valence-electron chi connectivity index (χ1n) is 5.03. The number of benzene rings is 1. The monoisotopic (exact) mass is 206 g/mol. The molecule has 0 spiro atoms. The SMILES string of the molecule is N[C@@H]1CCN(C(=O)Oc2ccccc2)C1. The van der Waals surface area contributed by atoms with Gasteiger partial charge in [-0.3, -0.25) is 0 Å². The van der Waals surface area contributed by atoms with Crippen molar-refractivity contribution in [1.29, 1.82) is 0 Å². The van der Waals surface area contributed by atoms with Crippen LogP contribution in [-0.4, -0.2) is 30.1 Å². The van der Waals surface area contributed by atoms with Crippen LogP contribution in [0.4, 0.5) is 4.79 Å². The number of hydrogen-bond donors (Lipinski definition) is 1. The van der Waals surface area contributed by atoms with E-state index in [1.807, 2.05) is 18.2 Å². The maximum absolute atomic E-state index is 11.6. The highest BCUT2D eigenvalue weighted by Crippen LogP contribution is 2.13. The predicted molar refractivity (Wildman–Crippen MR) is 56.6 cm³/mol. The number of carbonyl (C=O) groups excluding carboxylic acids is 1. The average molecular weight is 206 g/mol. The van der Waals surface area contributed by atoms with Crippen LogP contribution < -0.4 is 10.5 Å². The van der Waals surface area contributed by atoms with E-state index in [4.69, 9.17) is 10.5 Å². The second kappa shape index (κ2) is 4.31. The Balaban J connectivity index is 1.93. The van der Waals surface area contributed by atoms with E-state index in [0.29, 0.717) is 18.8 Å². The highest BCUT2D eigenvalue weighted by molar-refractivity contribution is 5.71. The largest absolute Gasteiger partial charge is 0.415 e. The zero-order chi connectivity index (χ0) is 10.7. The van der Waals surface area contributed by atoms with Crippen LogP contribution in [0, 0.1) is 0 Å². The molecule has 1 heterocycles. The lowest BCUT2D eigenvalue weighted by atomic mass is 10.3. The molecule has 0 bridgehead atoms. The van der Waals surface area contributed by atoms with Gasteiger partial charge in [-0.15, -0.1) is 0 Å². The third-order valence-electron chi connectivity index (χ3n) is 2.43. The number of hydrogen-bond acceptors (Lipinski definition) is 3. The van der Waals surface area contributed by atoms with E-state index in [1.54, 1.807) is 17.0 Å². The lowest BCUT2D eigenvalue weighted by molar-refractivity contribution is 0.162. The molecule has 1 saturated heterocycles. The fourth-order valence-corrected chi connectivity index (χ4v) is 1.61. The number of ether oxygens (including phenoxy) is 1. The van der Waals surface area contributed by atoms with E-state index in [0.717, 1.165) is 6.42 Å². The van der Waals surface area contributed by atoms with Crippen LogP contribution in [-0.2, 0) is 0 Å². The Bertz CT molecular complexity index is 340. The molecule has 2 N–H and O–H groups in total. The van der Waals surface area contributed by atoms with Crippen molar-refractivity contribution >= 4 is 6.09 Å². The number of carbonyl (C=O) groups is 1. The summed E-state index contributed by atoms with van der Waals surface area (Å²) in [7, 11) is 0. The van der Waals surface area contributed by atoms with Crippen LogP contribution in [0.3, 0.4) is 0 Å². The Morgan fingerprint density at radius 1 is 1.40 bits per heavy atom. The van der Waals surface area contributed by atoms with Gasteiger partial charge in [0, 0.05) is 19.1 Å². The number of para-hydroxylation sites is 1. The van der Waals surface area contributed by atoms with Crippen molar-refractivity contribution in [1.82, 2.24) is 4.90 Å². The van der Waals surface area contributed by atoms with Crippen LogP contribution in [0.5, 0.6) is 5.75 Å². The number of rotatable bonds is 1. The number of amides is 1. The molecule has 2 rings (SSSR count). The predicted octanol–water partition coefficient (Wildman–Crippen LogP) is 1.22. The van der Waals surface area contributed by atoms with Crippen LogP contribution in [0.2, 0.25) is 0 Å². The summed E-state index contributed by atoms with van der Waals surface area (Å²) in [6, 6.07) is 9.15. The van der Waals surface area contributed by atoms with Gasteiger partial charge in [0.05, 0.1) is 0 Å².